The van der Waals surface area contributed by atoms with E-state index in [1.807, 2.05) is 54.5 Å². The molecule has 7 heteroatoms. The molecule has 0 aliphatic carbocycles. The lowest BCUT2D eigenvalue weighted by Gasteiger charge is -2.27. The van der Waals surface area contributed by atoms with E-state index in [0.717, 1.165) is 5.56 Å². The van der Waals surface area contributed by atoms with Gasteiger partial charge in [-0.15, -0.1) is 10.2 Å². The van der Waals surface area contributed by atoms with Crippen LogP contribution in [0.25, 0.3) is 0 Å². The third kappa shape index (κ3) is 6.56. The summed E-state index contributed by atoms with van der Waals surface area (Å²) in [6.07, 6.45) is 0. The number of aryl methyl sites for hydroxylation is 1. The fourth-order valence-corrected chi connectivity index (χ4v) is 3.59. The van der Waals surface area contributed by atoms with Crippen molar-refractivity contribution >= 4 is 23.3 Å². The van der Waals surface area contributed by atoms with Crippen LogP contribution in [-0.2, 0) is 15.7 Å². The first-order chi connectivity index (χ1) is 16.8. The summed E-state index contributed by atoms with van der Waals surface area (Å²) in [5.74, 6) is -0.791. The summed E-state index contributed by atoms with van der Waals surface area (Å²) in [7, 11) is 0. The summed E-state index contributed by atoms with van der Waals surface area (Å²) < 4.78 is 0. The first kappa shape index (κ1) is 26.6. The molecule has 0 saturated carbocycles. The van der Waals surface area contributed by atoms with Crippen LogP contribution in [0.3, 0.4) is 0 Å². The lowest BCUT2D eigenvalue weighted by Crippen LogP contribution is -2.18. The van der Waals surface area contributed by atoms with Crippen LogP contribution in [0.2, 0.25) is 0 Å². The lowest BCUT2D eigenvalue weighted by atomic mass is 9.78. The van der Waals surface area contributed by atoms with Gasteiger partial charge in [-0.25, -0.2) is 10.3 Å². The number of hydrogen-bond acceptors (Lipinski definition) is 6. The highest BCUT2D eigenvalue weighted by atomic mass is 16.7. The van der Waals surface area contributed by atoms with Crippen molar-refractivity contribution in [1.29, 1.82) is 0 Å². The van der Waals surface area contributed by atoms with Crippen LogP contribution in [0.4, 0.5) is 11.4 Å². The first-order valence-corrected chi connectivity index (χ1v) is 11.7. The van der Waals surface area contributed by atoms with Gasteiger partial charge < -0.3 is 9.94 Å². The molecule has 0 unspecified atom stereocenters. The summed E-state index contributed by atoms with van der Waals surface area (Å²) in [6, 6.07) is 17.1. The predicted molar refractivity (Wildman–Crippen MR) is 141 cm³/mol. The number of amides is 1. The minimum Gasteiger partial charge on any atom is -0.507 e. The summed E-state index contributed by atoms with van der Waals surface area (Å²) >= 11 is 0. The van der Waals surface area contributed by atoms with Crippen molar-refractivity contribution < 1.29 is 19.5 Å². The summed E-state index contributed by atoms with van der Waals surface area (Å²) in [5, 5.41) is 18.8. The molecule has 7 nitrogen and oxygen atoms in total. The smallest absolute Gasteiger partial charge is 0.362 e. The first-order valence-electron chi connectivity index (χ1n) is 11.7. The minimum atomic E-state index is -0.500. The van der Waals surface area contributed by atoms with Crippen molar-refractivity contribution in [2.24, 2.45) is 10.2 Å². The number of anilines is 1. The van der Waals surface area contributed by atoms with E-state index < -0.39 is 11.9 Å². The number of nitrogens with zero attached hydrogens (tertiary/aromatic N) is 2. The summed E-state index contributed by atoms with van der Waals surface area (Å²) in [5.41, 5.74) is 6.06. The molecule has 0 bridgehead atoms. The zero-order valence-corrected chi connectivity index (χ0v) is 21.8. The molecule has 0 radical (unpaired) electrons. The van der Waals surface area contributed by atoms with Gasteiger partial charge in [-0.3, -0.25) is 4.79 Å². The number of azo groups is 1. The normalized spacial score (nSPS) is 12.0. The maximum atomic E-state index is 12.9. The van der Waals surface area contributed by atoms with Gasteiger partial charge in [0.15, 0.2) is 0 Å². The van der Waals surface area contributed by atoms with Gasteiger partial charge in [-0.05, 0) is 66.3 Å². The van der Waals surface area contributed by atoms with Crippen molar-refractivity contribution in [2.45, 2.75) is 59.3 Å². The van der Waals surface area contributed by atoms with E-state index in [2.05, 4.69) is 15.7 Å². The van der Waals surface area contributed by atoms with E-state index in [4.69, 9.17) is 4.84 Å². The standard InChI is InChI=1S/C29H33N3O4/c1-18-9-8-10-19(15-18)27(35)36-32-22-13-11-21(12-14-22)30-31-26(34)20-16-23(28(2,3)4)25(33)24(17-20)29(5,6)7/h8-17,32-33H,1-7H3. The Labute approximate surface area is 212 Å². The van der Waals surface area contributed by atoms with Gasteiger partial charge in [-0.1, -0.05) is 59.2 Å². The van der Waals surface area contributed by atoms with E-state index in [1.165, 1.54) is 0 Å². The number of nitrogens with one attached hydrogen (secondary N) is 1. The van der Waals surface area contributed by atoms with Crippen molar-refractivity contribution in [3.8, 4) is 5.75 Å². The topological polar surface area (TPSA) is 100 Å². The SMILES string of the molecule is Cc1cccc(C(=O)ONc2ccc(N=NC(=O)c3cc(C(C)(C)C)c(O)c(C(C)(C)C)c3)cc2)c1. The zero-order chi connectivity index (χ0) is 26.7. The zero-order valence-electron chi connectivity index (χ0n) is 21.8. The van der Waals surface area contributed by atoms with E-state index in [1.54, 1.807) is 54.6 Å². The Bertz CT molecular complexity index is 1260. The molecule has 2 N–H and O–H groups in total. The van der Waals surface area contributed by atoms with E-state index in [-0.39, 0.29) is 16.6 Å². The molecule has 0 heterocycles. The van der Waals surface area contributed by atoms with Crippen LogP contribution in [0.15, 0.2) is 70.9 Å². The van der Waals surface area contributed by atoms with Gasteiger partial charge in [0.05, 0.1) is 16.9 Å². The third-order valence-corrected chi connectivity index (χ3v) is 5.61. The van der Waals surface area contributed by atoms with Crippen LogP contribution in [0.1, 0.15) is 78.9 Å². The highest BCUT2D eigenvalue weighted by Gasteiger charge is 2.27. The number of aromatic hydroxyl groups is 1. The number of hydrogen-bond donors (Lipinski definition) is 2. The monoisotopic (exact) mass is 487 g/mol. The Morgan fingerprint density at radius 2 is 1.42 bits per heavy atom. The molecule has 0 aliphatic heterocycles. The average molecular weight is 488 g/mol. The molecule has 0 saturated heterocycles. The number of rotatable bonds is 5. The highest BCUT2D eigenvalue weighted by Crippen LogP contribution is 2.40. The quantitative estimate of drug-likeness (QED) is 0.288. The van der Waals surface area contributed by atoms with Gasteiger partial charge >= 0.3 is 5.97 Å². The Hall–Kier alpha value is -4.00. The van der Waals surface area contributed by atoms with Crippen LogP contribution in [-0.4, -0.2) is 17.0 Å². The second kappa shape index (κ2) is 10.3. The second-order valence-electron chi connectivity index (χ2n) is 10.8. The molecule has 188 valence electrons. The molecular formula is C29H33N3O4. The number of phenols is 1. The largest absolute Gasteiger partial charge is 0.507 e. The van der Waals surface area contributed by atoms with Gasteiger partial charge in [0.1, 0.15) is 5.75 Å². The van der Waals surface area contributed by atoms with Crippen molar-refractivity contribution in [3.63, 3.8) is 0 Å². The maximum absolute atomic E-state index is 12.9. The van der Waals surface area contributed by atoms with Crippen LogP contribution < -0.4 is 5.48 Å². The van der Waals surface area contributed by atoms with Crippen molar-refractivity contribution in [3.05, 3.63) is 88.5 Å². The fraction of sp³-hybridized carbons (Fsp3) is 0.310. The number of phenolic OH excluding ortho intramolecular Hbond substituents is 1. The van der Waals surface area contributed by atoms with Gasteiger partial charge in [-0.2, -0.15) is 0 Å². The third-order valence-electron chi connectivity index (χ3n) is 5.61. The van der Waals surface area contributed by atoms with Gasteiger partial charge in [0.2, 0.25) is 0 Å². The number of carbonyl (C=O) groups is 2. The van der Waals surface area contributed by atoms with Crippen LogP contribution >= 0.6 is 0 Å². The molecule has 0 aliphatic rings. The van der Waals surface area contributed by atoms with Gasteiger partial charge in [0, 0.05) is 16.7 Å². The Kier molecular flexibility index (Phi) is 7.62. The Balaban J connectivity index is 1.72. The van der Waals surface area contributed by atoms with E-state index >= 15 is 0 Å². The average Bonchev–Trinajstić information content (AvgIpc) is 2.80. The van der Waals surface area contributed by atoms with Crippen molar-refractivity contribution in [2.75, 3.05) is 5.48 Å². The molecule has 0 aromatic heterocycles. The number of benzene rings is 3. The Morgan fingerprint density at radius 3 is 1.94 bits per heavy atom. The fourth-order valence-electron chi connectivity index (χ4n) is 3.59. The summed E-state index contributed by atoms with van der Waals surface area (Å²) in [4.78, 5) is 30.2. The lowest BCUT2D eigenvalue weighted by molar-refractivity contribution is 0.0596. The molecule has 0 atom stereocenters. The molecule has 3 rings (SSSR count). The van der Waals surface area contributed by atoms with Crippen molar-refractivity contribution in [1.82, 2.24) is 0 Å². The molecule has 0 spiro atoms. The maximum Gasteiger partial charge on any atom is 0.362 e. The van der Waals surface area contributed by atoms with E-state index in [9.17, 15) is 14.7 Å². The van der Waals surface area contributed by atoms with E-state index in [0.29, 0.717) is 33.6 Å². The van der Waals surface area contributed by atoms with Crippen LogP contribution in [0, 0.1) is 6.92 Å². The second-order valence-corrected chi connectivity index (χ2v) is 10.8. The van der Waals surface area contributed by atoms with Gasteiger partial charge in [0.25, 0.3) is 5.91 Å². The highest BCUT2D eigenvalue weighted by molar-refractivity contribution is 5.95. The molecule has 1 amide bonds. The number of carbonyl (C=O) groups excluding carboxylic acids is 2. The predicted octanol–water partition coefficient (Wildman–Crippen LogP) is 7.40. The molecular weight excluding hydrogens is 454 g/mol. The van der Waals surface area contributed by atoms with Crippen LogP contribution in [0.5, 0.6) is 5.75 Å². The molecule has 36 heavy (non-hydrogen) atoms. The summed E-state index contributed by atoms with van der Waals surface area (Å²) in [6.45, 7) is 13.8. The minimum absolute atomic E-state index is 0.203. The molecule has 3 aromatic carbocycles. The molecule has 0 fully saturated rings. The molecule has 3 aromatic rings. The Morgan fingerprint density at radius 1 is 0.833 bits per heavy atom.